The number of carbonyl (C=O) groups is 1. The van der Waals surface area contributed by atoms with Crippen molar-refractivity contribution in [3.63, 3.8) is 0 Å². The molecule has 0 amide bonds. The monoisotopic (exact) mass is 310 g/mol. The van der Waals surface area contributed by atoms with Crippen molar-refractivity contribution in [3.05, 3.63) is 0 Å². The Morgan fingerprint density at radius 2 is 1.41 bits per heavy atom. The van der Waals surface area contributed by atoms with E-state index in [1.165, 1.54) is 83.5 Å². The Hall–Kier alpha value is -0.530. The fourth-order valence-electron chi connectivity index (χ4n) is 2.96. The Labute approximate surface area is 138 Å². The molecule has 0 aromatic carbocycles. The van der Waals surface area contributed by atoms with E-state index < -0.39 is 0 Å². The molecule has 2 heteroatoms. The summed E-state index contributed by atoms with van der Waals surface area (Å²) in [5.74, 6) is 1.11. The molecule has 0 bridgehead atoms. The number of ether oxygens (including phenoxy) is 1. The predicted molar refractivity (Wildman–Crippen MR) is 94.0 cm³/mol. The summed E-state index contributed by atoms with van der Waals surface area (Å²) in [6.07, 6.45) is 20.2. The lowest BCUT2D eigenvalue weighted by Crippen LogP contribution is -2.05. The second kappa shape index (κ2) is 14.1. The molecule has 1 rings (SSSR count). The van der Waals surface area contributed by atoms with Gasteiger partial charge in [-0.1, -0.05) is 90.4 Å². The molecule has 0 saturated heterocycles. The van der Waals surface area contributed by atoms with Crippen molar-refractivity contribution < 1.29 is 9.53 Å². The Bertz CT molecular complexity index is 258. The predicted octanol–water partition coefficient (Wildman–Crippen LogP) is 6.42. The molecule has 22 heavy (non-hydrogen) atoms. The highest BCUT2D eigenvalue weighted by atomic mass is 16.5. The van der Waals surface area contributed by atoms with Gasteiger partial charge in [0.25, 0.3) is 0 Å². The van der Waals surface area contributed by atoms with Crippen molar-refractivity contribution >= 4 is 5.97 Å². The molecule has 0 N–H and O–H groups in total. The molecule has 0 radical (unpaired) electrons. The summed E-state index contributed by atoms with van der Waals surface area (Å²) in [6, 6.07) is 0. The second-order valence-electron chi connectivity index (χ2n) is 7.09. The quantitative estimate of drug-likeness (QED) is 0.243. The minimum absolute atomic E-state index is 0.0107. The van der Waals surface area contributed by atoms with Crippen molar-refractivity contribution in [2.45, 2.75) is 110 Å². The van der Waals surface area contributed by atoms with Crippen LogP contribution >= 0.6 is 0 Å². The van der Waals surface area contributed by atoms with Crippen molar-refractivity contribution in [2.24, 2.45) is 5.92 Å². The van der Waals surface area contributed by atoms with Gasteiger partial charge in [-0.3, -0.25) is 4.79 Å². The standard InChI is InChI=1S/C20H38O2/c1-2-3-4-8-12-15-20(21)22-18-13-10-7-5-6-9-11-14-19-16-17-19/h19H,2-18H2,1H3. The first-order valence-electron chi connectivity index (χ1n) is 9.98. The Morgan fingerprint density at radius 1 is 0.818 bits per heavy atom. The summed E-state index contributed by atoms with van der Waals surface area (Å²) in [4.78, 5) is 11.5. The number of hydrogen-bond donors (Lipinski definition) is 0. The molecule has 1 aliphatic rings. The topological polar surface area (TPSA) is 26.3 Å². The number of rotatable bonds is 16. The maximum Gasteiger partial charge on any atom is 0.305 e. The Balaban J connectivity index is 1.70. The zero-order chi connectivity index (χ0) is 15.9. The maximum absolute atomic E-state index is 11.5. The van der Waals surface area contributed by atoms with E-state index in [0.29, 0.717) is 13.0 Å². The minimum atomic E-state index is 0.0107. The van der Waals surface area contributed by atoms with E-state index in [1.54, 1.807) is 0 Å². The molecule has 0 aromatic rings. The van der Waals surface area contributed by atoms with Crippen LogP contribution in [0.3, 0.4) is 0 Å². The van der Waals surface area contributed by atoms with Gasteiger partial charge in [0.1, 0.15) is 0 Å². The molecule has 0 heterocycles. The molecule has 0 aromatic heterocycles. The summed E-state index contributed by atoms with van der Waals surface area (Å²) >= 11 is 0. The van der Waals surface area contributed by atoms with Gasteiger partial charge in [0, 0.05) is 6.42 Å². The van der Waals surface area contributed by atoms with Gasteiger partial charge >= 0.3 is 5.97 Å². The van der Waals surface area contributed by atoms with Crippen molar-refractivity contribution in [1.82, 2.24) is 0 Å². The zero-order valence-electron chi connectivity index (χ0n) is 14.9. The maximum atomic E-state index is 11.5. The number of carbonyl (C=O) groups excluding carboxylic acids is 1. The highest BCUT2D eigenvalue weighted by molar-refractivity contribution is 5.69. The van der Waals surface area contributed by atoms with Crippen LogP contribution in [-0.2, 0) is 9.53 Å². The van der Waals surface area contributed by atoms with Crippen LogP contribution in [-0.4, -0.2) is 12.6 Å². The van der Waals surface area contributed by atoms with E-state index in [-0.39, 0.29) is 5.97 Å². The largest absolute Gasteiger partial charge is 0.466 e. The fraction of sp³-hybridized carbons (Fsp3) is 0.950. The summed E-state index contributed by atoms with van der Waals surface area (Å²) < 4.78 is 5.29. The van der Waals surface area contributed by atoms with Crippen LogP contribution in [0, 0.1) is 5.92 Å². The SMILES string of the molecule is CCCCCCCC(=O)OCCCCCCCCCC1CC1. The first-order chi connectivity index (χ1) is 10.8. The average Bonchev–Trinajstić information content (AvgIpc) is 3.33. The van der Waals surface area contributed by atoms with Crippen LogP contribution in [0.15, 0.2) is 0 Å². The first kappa shape index (κ1) is 19.5. The van der Waals surface area contributed by atoms with Gasteiger partial charge in [0.2, 0.25) is 0 Å². The lowest BCUT2D eigenvalue weighted by Gasteiger charge is -2.05. The van der Waals surface area contributed by atoms with Crippen molar-refractivity contribution in [1.29, 1.82) is 0 Å². The third-order valence-corrected chi connectivity index (χ3v) is 4.70. The van der Waals surface area contributed by atoms with Crippen LogP contribution < -0.4 is 0 Å². The van der Waals surface area contributed by atoms with Crippen LogP contribution in [0.25, 0.3) is 0 Å². The Morgan fingerprint density at radius 3 is 2.09 bits per heavy atom. The van der Waals surface area contributed by atoms with E-state index in [2.05, 4.69) is 6.92 Å². The van der Waals surface area contributed by atoms with Crippen LogP contribution in [0.2, 0.25) is 0 Å². The summed E-state index contributed by atoms with van der Waals surface area (Å²) in [5.41, 5.74) is 0. The number of unbranched alkanes of at least 4 members (excludes halogenated alkanes) is 10. The smallest absolute Gasteiger partial charge is 0.305 e. The first-order valence-corrected chi connectivity index (χ1v) is 9.98. The van der Waals surface area contributed by atoms with Gasteiger partial charge in [0.15, 0.2) is 0 Å². The molecule has 2 nitrogen and oxygen atoms in total. The Kier molecular flexibility index (Phi) is 12.5. The average molecular weight is 311 g/mol. The van der Waals surface area contributed by atoms with Crippen LogP contribution in [0.5, 0.6) is 0 Å². The van der Waals surface area contributed by atoms with E-state index in [1.807, 2.05) is 0 Å². The number of hydrogen-bond acceptors (Lipinski definition) is 2. The highest BCUT2D eigenvalue weighted by Gasteiger charge is 2.19. The molecule has 0 spiro atoms. The van der Waals surface area contributed by atoms with Gasteiger partial charge in [-0.2, -0.15) is 0 Å². The van der Waals surface area contributed by atoms with Gasteiger partial charge in [-0.25, -0.2) is 0 Å². The molecule has 0 atom stereocenters. The molecule has 1 fully saturated rings. The minimum Gasteiger partial charge on any atom is -0.466 e. The van der Waals surface area contributed by atoms with Crippen LogP contribution in [0.1, 0.15) is 110 Å². The fourth-order valence-corrected chi connectivity index (χ4v) is 2.96. The molecule has 1 saturated carbocycles. The van der Waals surface area contributed by atoms with Crippen molar-refractivity contribution in [2.75, 3.05) is 6.61 Å². The van der Waals surface area contributed by atoms with Crippen LogP contribution in [0.4, 0.5) is 0 Å². The molecule has 130 valence electrons. The van der Waals surface area contributed by atoms with Gasteiger partial charge in [-0.05, 0) is 18.8 Å². The third kappa shape index (κ3) is 13.2. The van der Waals surface area contributed by atoms with Crippen molar-refractivity contribution in [3.8, 4) is 0 Å². The summed E-state index contributed by atoms with van der Waals surface area (Å²) in [6.45, 7) is 2.85. The van der Waals surface area contributed by atoms with E-state index in [4.69, 9.17) is 4.74 Å². The summed E-state index contributed by atoms with van der Waals surface area (Å²) in [5, 5.41) is 0. The van der Waals surface area contributed by atoms with E-state index >= 15 is 0 Å². The third-order valence-electron chi connectivity index (χ3n) is 4.70. The second-order valence-corrected chi connectivity index (χ2v) is 7.09. The molecular weight excluding hydrogens is 272 g/mol. The molecule has 0 unspecified atom stereocenters. The summed E-state index contributed by atoms with van der Waals surface area (Å²) in [7, 11) is 0. The van der Waals surface area contributed by atoms with Gasteiger partial charge in [0.05, 0.1) is 6.61 Å². The lowest BCUT2D eigenvalue weighted by molar-refractivity contribution is -0.143. The molecule has 1 aliphatic carbocycles. The van der Waals surface area contributed by atoms with E-state index in [0.717, 1.165) is 18.8 Å². The van der Waals surface area contributed by atoms with Gasteiger partial charge in [-0.15, -0.1) is 0 Å². The number of esters is 1. The highest BCUT2D eigenvalue weighted by Crippen LogP contribution is 2.34. The van der Waals surface area contributed by atoms with E-state index in [9.17, 15) is 4.79 Å². The van der Waals surface area contributed by atoms with Gasteiger partial charge < -0.3 is 4.74 Å². The normalized spacial score (nSPS) is 14.2. The lowest BCUT2D eigenvalue weighted by atomic mass is 10.1. The molecular formula is C20H38O2. The molecule has 0 aliphatic heterocycles. The zero-order valence-corrected chi connectivity index (χ0v) is 14.9.